The summed E-state index contributed by atoms with van der Waals surface area (Å²) in [4.78, 5) is 9.94. The van der Waals surface area contributed by atoms with Crippen molar-refractivity contribution < 1.29 is 13.2 Å². The summed E-state index contributed by atoms with van der Waals surface area (Å²) in [5.74, 6) is -0.539. The normalized spacial score (nSPS) is 16.9. The number of carbonyl (C=O) groups excluding carboxylic acids is 1. The Balaban J connectivity index is 3.27. The molecule has 1 aliphatic rings. The quantitative estimate of drug-likeness (QED) is 0.412. The van der Waals surface area contributed by atoms with E-state index in [0.717, 1.165) is 0 Å². The van der Waals surface area contributed by atoms with E-state index in [1.807, 2.05) is 0 Å². The molecular weight excluding hydrogens is 144 g/mol. The van der Waals surface area contributed by atoms with Crippen molar-refractivity contribution in [3.8, 4) is 0 Å². The molecule has 5 nitrogen and oxygen atoms in total. The van der Waals surface area contributed by atoms with Gasteiger partial charge in [0.05, 0.1) is 0 Å². The van der Waals surface area contributed by atoms with Crippen molar-refractivity contribution in [2.75, 3.05) is 6.54 Å². The van der Waals surface area contributed by atoms with Crippen LogP contribution in [0.4, 0.5) is 0 Å². The van der Waals surface area contributed by atoms with Crippen LogP contribution >= 0.6 is 0 Å². The number of ketones is 1. The molecule has 0 saturated heterocycles. The van der Waals surface area contributed by atoms with Crippen LogP contribution in [0.15, 0.2) is 10.2 Å². The minimum atomic E-state index is -2.51. The van der Waals surface area contributed by atoms with Crippen molar-refractivity contribution in [1.29, 1.82) is 0 Å². The third kappa shape index (κ3) is 1.02. The van der Waals surface area contributed by atoms with Gasteiger partial charge >= 0.3 is 0 Å². The highest BCUT2D eigenvalue weighted by molar-refractivity contribution is 7.74. The molecule has 1 rings (SSSR count). The van der Waals surface area contributed by atoms with Gasteiger partial charge in [0.15, 0.2) is 0 Å². The van der Waals surface area contributed by atoms with Crippen LogP contribution in [0.25, 0.3) is 0 Å². The van der Waals surface area contributed by atoms with Crippen LogP contribution in [0, 0.1) is 0 Å². The molecular formula is C3H2N2O3S. The lowest BCUT2D eigenvalue weighted by molar-refractivity contribution is -0.111. The predicted octanol–water partition coefficient (Wildman–Crippen LogP) is -0.970. The van der Waals surface area contributed by atoms with Crippen LogP contribution in [0.2, 0.25) is 0 Å². The van der Waals surface area contributed by atoms with Gasteiger partial charge in [0.25, 0.3) is 0 Å². The van der Waals surface area contributed by atoms with Gasteiger partial charge in [0, 0.05) is 0 Å². The number of carbonyl (C=O) groups is 1. The molecule has 0 fully saturated rings. The first-order valence-electron chi connectivity index (χ1n) is 2.08. The Morgan fingerprint density at radius 3 is 2.33 bits per heavy atom. The van der Waals surface area contributed by atoms with E-state index in [-0.39, 0.29) is 6.54 Å². The van der Waals surface area contributed by atoms with Gasteiger partial charge in [-0.25, -0.2) is 0 Å². The van der Waals surface area contributed by atoms with Crippen molar-refractivity contribution in [1.82, 2.24) is 0 Å². The Kier molecular flexibility index (Phi) is 1.39. The zero-order valence-electron chi connectivity index (χ0n) is 4.23. The van der Waals surface area contributed by atoms with E-state index in [1.54, 1.807) is 0 Å². The zero-order chi connectivity index (χ0) is 6.85. The van der Waals surface area contributed by atoms with E-state index < -0.39 is 21.1 Å². The monoisotopic (exact) mass is 146 g/mol. The summed E-state index contributed by atoms with van der Waals surface area (Å²) in [5, 5.41) is 6.31. The summed E-state index contributed by atoms with van der Waals surface area (Å²) in [6, 6.07) is 0. The summed E-state index contributed by atoms with van der Waals surface area (Å²) in [6.07, 6.45) is 0. The van der Waals surface area contributed by atoms with Gasteiger partial charge in [0.2, 0.25) is 21.1 Å². The number of Topliss-reactive ketones (excluding diaryl/α,β-unsaturated/α-hetero) is 1. The standard InChI is InChI=1S/C3H2N2O3S/c6-2-1-4-5-3(2)9(7)8/h1H2. The molecule has 0 radical (unpaired) electrons. The van der Waals surface area contributed by atoms with Gasteiger partial charge in [-0.1, -0.05) is 0 Å². The molecule has 0 saturated carbocycles. The summed E-state index contributed by atoms with van der Waals surface area (Å²) >= 11 is 0. The maximum absolute atomic E-state index is 10.4. The predicted molar refractivity (Wildman–Crippen MR) is 28.7 cm³/mol. The Bertz CT molecular complexity index is 291. The SMILES string of the molecule is O=C1CN=NC1=S(=O)=O. The number of hydrogen-bond donors (Lipinski definition) is 0. The van der Waals surface area contributed by atoms with E-state index in [1.165, 1.54) is 0 Å². The van der Waals surface area contributed by atoms with Gasteiger partial charge in [0.1, 0.15) is 6.54 Å². The van der Waals surface area contributed by atoms with Crippen molar-refractivity contribution in [2.24, 2.45) is 10.2 Å². The van der Waals surface area contributed by atoms with E-state index in [4.69, 9.17) is 0 Å². The Labute approximate surface area is 51.9 Å². The zero-order valence-corrected chi connectivity index (χ0v) is 5.05. The van der Waals surface area contributed by atoms with Crippen LogP contribution < -0.4 is 0 Å². The molecule has 0 N–H and O–H groups in total. The van der Waals surface area contributed by atoms with E-state index in [0.29, 0.717) is 0 Å². The van der Waals surface area contributed by atoms with Gasteiger partial charge in [-0.05, 0) is 0 Å². The fraction of sp³-hybridized carbons (Fsp3) is 0.333. The Morgan fingerprint density at radius 1 is 1.44 bits per heavy atom. The molecule has 0 aliphatic carbocycles. The second-order valence-corrected chi connectivity index (χ2v) is 2.22. The van der Waals surface area contributed by atoms with E-state index >= 15 is 0 Å². The van der Waals surface area contributed by atoms with Crippen molar-refractivity contribution in [3.63, 3.8) is 0 Å². The van der Waals surface area contributed by atoms with Crippen LogP contribution in [0.3, 0.4) is 0 Å². The Hall–Kier alpha value is -1.04. The highest BCUT2D eigenvalue weighted by Gasteiger charge is 2.17. The minimum Gasteiger partial charge on any atom is -0.289 e. The molecule has 1 heterocycles. The van der Waals surface area contributed by atoms with Gasteiger partial charge < -0.3 is 0 Å². The first-order chi connectivity index (χ1) is 4.22. The second kappa shape index (κ2) is 2.06. The number of nitrogens with zero attached hydrogens (tertiary/aromatic N) is 2. The van der Waals surface area contributed by atoms with Crippen LogP contribution in [0.5, 0.6) is 0 Å². The Morgan fingerprint density at radius 2 is 2.11 bits per heavy atom. The summed E-state index contributed by atoms with van der Waals surface area (Å²) in [7, 11) is -2.51. The van der Waals surface area contributed by atoms with Crippen LogP contribution in [-0.4, -0.2) is 25.7 Å². The second-order valence-electron chi connectivity index (χ2n) is 1.36. The molecule has 0 aromatic rings. The summed E-state index contributed by atoms with van der Waals surface area (Å²) in [6.45, 7) is -0.136. The van der Waals surface area contributed by atoms with E-state index in [9.17, 15) is 13.2 Å². The average molecular weight is 146 g/mol. The van der Waals surface area contributed by atoms with Gasteiger partial charge in [-0.2, -0.15) is 13.5 Å². The molecule has 0 aromatic heterocycles. The first kappa shape index (κ1) is 6.09. The average Bonchev–Trinajstić information content (AvgIpc) is 2.13. The fourth-order valence-electron chi connectivity index (χ4n) is 0.413. The molecule has 9 heavy (non-hydrogen) atoms. The fourth-order valence-corrected chi connectivity index (χ4v) is 0.788. The lowest BCUT2D eigenvalue weighted by atomic mass is 10.4. The lowest BCUT2D eigenvalue weighted by Crippen LogP contribution is -2.08. The number of rotatable bonds is 0. The number of azo groups is 1. The molecule has 0 spiro atoms. The maximum atomic E-state index is 10.4. The van der Waals surface area contributed by atoms with Crippen LogP contribution in [0.1, 0.15) is 0 Å². The van der Waals surface area contributed by atoms with Crippen LogP contribution in [-0.2, 0) is 15.1 Å². The molecule has 6 heteroatoms. The molecule has 0 aromatic carbocycles. The van der Waals surface area contributed by atoms with Crippen molar-refractivity contribution >= 4 is 21.1 Å². The maximum Gasteiger partial charge on any atom is 0.249 e. The molecule has 0 amide bonds. The van der Waals surface area contributed by atoms with E-state index in [2.05, 4.69) is 10.2 Å². The molecule has 48 valence electrons. The largest absolute Gasteiger partial charge is 0.289 e. The summed E-state index contributed by atoms with van der Waals surface area (Å²) < 4.78 is 20.0. The minimum absolute atomic E-state index is 0.136. The van der Waals surface area contributed by atoms with Gasteiger partial charge in [-0.3, -0.25) is 4.79 Å². The van der Waals surface area contributed by atoms with Gasteiger partial charge in [-0.15, -0.1) is 5.11 Å². The molecule has 0 bridgehead atoms. The highest BCUT2D eigenvalue weighted by Crippen LogP contribution is 1.93. The topological polar surface area (TPSA) is 75.9 Å². The molecule has 1 aliphatic heterocycles. The van der Waals surface area contributed by atoms with Crippen molar-refractivity contribution in [3.05, 3.63) is 0 Å². The lowest BCUT2D eigenvalue weighted by Gasteiger charge is -1.72. The highest BCUT2D eigenvalue weighted by atomic mass is 32.2. The smallest absolute Gasteiger partial charge is 0.249 e. The number of hydrogen-bond acceptors (Lipinski definition) is 4. The third-order valence-electron chi connectivity index (χ3n) is 0.772. The first-order valence-corrected chi connectivity index (χ1v) is 3.16. The molecule has 0 atom stereocenters. The van der Waals surface area contributed by atoms with Crippen molar-refractivity contribution in [2.45, 2.75) is 0 Å². The molecule has 0 unspecified atom stereocenters. The summed E-state index contributed by atoms with van der Waals surface area (Å²) in [5.41, 5.74) is 0. The third-order valence-corrected chi connectivity index (χ3v) is 1.40.